The van der Waals surface area contributed by atoms with Gasteiger partial charge in [-0.05, 0) is 24.1 Å². The molecule has 2 rings (SSSR count). The molecule has 1 fully saturated rings. The lowest BCUT2D eigenvalue weighted by molar-refractivity contribution is -0.127. The third-order valence-corrected chi connectivity index (χ3v) is 4.13. The molecule has 0 bridgehead atoms. The Kier molecular flexibility index (Phi) is 5.62. The molecule has 5 heteroatoms. The first-order chi connectivity index (χ1) is 9.98. The normalized spacial score (nSPS) is 19.0. The van der Waals surface area contributed by atoms with Crippen molar-refractivity contribution in [3.63, 3.8) is 0 Å². The fraction of sp³-hybridized carbons (Fsp3) is 0.562. The van der Waals surface area contributed by atoms with Crippen molar-refractivity contribution in [1.82, 2.24) is 5.32 Å². The van der Waals surface area contributed by atoms with Crippen molar-refractivity contribution < 1.29 is 14.6 Å². The van der Waals surface area contributed by atoms with Gasteiger partial charge in [-0.3, -0.25) is 4.79 Å². The quantitative estimate of drug-likeness (QED) is 0.876. The maximum Gasteiger partial charge on any atom is 0.223 e. The van der Waals surface area contributed by atoms with Gasteiger partial charge < -0.3 is 15.2 Å². The Morgan fingerprint density at radius 3 is 2.86 bits per heavy atom. The molecule has 0 radical (unpaired) electrons. The molecule has 1 aromatic rings. The second-order valence-corrected chi connectivity index (χ2v) is 6.23. The number of hydrogen-bond donors (Lipinski definition) is 2. The van der Waals surface area contributed by atoms with E-state index in [1.807, 2.05) is 31.2 Å². The minimum atomic E-state index is -0.830. The van der Waals surface area contributed by atoms with Crippen LogP contribution in [0.4, 0.5) is 0 Å². The lowest BCUT2D eigenvalue weighted by Crippen LogP contribution is -2.47. The fourth-order valence-electron chi connectivity index (χ4n) is 2.46. The molecule has 2 N–H and O–H groups in total. The number of ether oxygens (including phenoxy) is 1. The molecule has 1 aromatic carbocycles. The molecule has 4 nitrogen and oxygen atoms in total. The summed E-state index contributed by atoms with van der Waals surface area (Å²) in [6.45, 7) is 3.26. The molecule has 0 aliphatic carbocycles. The number of amides is 1. The molecule has 1 atom stereocenters. The van der Waals surface area contributed by atoms with Gasteiger partial charge in [0.05, 0.1) is 5.60 Å². The van der Waals surface area contributed by atoms with E-state index in [0.29, 0.717) is 37.5 Å². The summed E-state index contributed by atoms with van der Waals surface area (Å²) in [6.07, 6.45) is 1.76. The van der Waals surface area contributed by atoms with E-state index in [1.165, 1.54) is 0 Å². The van der Waals surface area contributed by atoms with Gasteiger partial charge in [0.25, 0.3) is 0 Å². The van der Waals surface area contributed by atoms with Gasteiger partial charge >= 0.3 is 0 Å². The summed E-state index contributed by atoms with van der Waals surface area (Å²) in [4.78, 5) is 12.1. The van der Waals surface area contributed by atoms with Crippen molar-refractivity contribution >= 4 is 17.5 Å². The zero-order valence-corrected chi connectivity index (χ0v) is 13.0. The van der Waals surface area contributed by atoms with Crippen LogP contribution in [0.1, 0.15) is 25.3 Å². The van der Waals surface area contributed by atoms with Gasteiger partial charge in [-0.15, -0.1) is 0 Å². The van der Waals surface area contributed by atoms with E-state index in [2.05, 4.69) is 5.32 Å². The van der Waals surface area contributed by atoms with Gasteiger partial charge in [-0.25, -0.2) is 0 Å². The van der Waals surface area contributed by atoms with Gasteiger partial charge in [0.15, 0.2) is 0 Å². The van der Waals surface area contributed by atoms with E-state index < -0.39 is 5.60 Å². The van der Waals surface area contributed by atoms with Crippen molar-refractivity contribution in [1.29, 1.82) is 0 Å². The van der Waals surface area contributed by atoms with Gasteiger partial charge in [0.2, 0.25) is 5.91 Å². The number of rotatable bonds is 5. The second kappa shape index (κ2) is 7.25. The van der Waals surface area contributed by atoms with Crippen LogP contribution in [0.25, 0.3) is 0 Å². The lowest BCUT2D eigenvalue weighted by Gasteiger charge is -2.32. The van der Waals surface area contributed by atoms with Crippen LogP contribution in [0.2, 0.25) is 5.02 Å². The number of halogens is 1. The van der Waals surface area contributed by atoms with E-state index in [4.69, 9.17) is 16.3 Å². The molecule has 116 valence electrons. The molecule has 1 saturated heterocycles. The van der Waals surface area contributed by atoms with Crippen molar-refractivity contribution in [2.24, 2.45) is 5.92 Å². The van der Waals surface area contributed by atoms with Crippen LogP contribution in [0, 0.1) is 5.92 Å². The highest BCUT2D eigenvalue weighted by Gasteiger charge is 2.30. The number of hydrogen-bond acceptors (Lipinski definition) is 3. The zero-order valence-electron chi connectivity index (χ0n) is 12.3. The number of aliphatic hydroxyl groups is 1. The number of carbonyl (C=O) groups excluding carboxylic acids is 1. The molecule has 0 aromatic heterocycles. The van der Waals surface area contributed by atoms with E-state index >= 15 is 0 Å². The Bertz CT molecular complexity index is 486. The van der Waals surface area contributed by atoms with Gasteiger partial charge in [0, 0.05) is 43.5 Å². The third kappa shape index (κ3) is 4.99. The Hall–Kier alpha value is -1.10. The predicted octanol–water partition coefficient (Wildman–Crippen LogP) is 2.18. The highest BCUT2D eigenvalue weighted by atomic mass is 35.5. The van der Waals surface area contributed by atoms with Gasteiger partial charge in [0.1, 0.15) is 0 Å². The molecule has 1 aliphatic rings. The summed E-state index contributed by atoms with van der Waals surface area (Å²) in [5, 5.41) is 13.8. The molecular weight excluding hydrogens is 290 g/mol. The summed E-state index contributed by atoms with van der Waals surface area (Å²) in [6, 6.07) is 7.53. The number of carbonyl (C=O) groups is 1. The molecule has 21 heavy (non-hydrogen) atoms. The van der Waals surface area contributed by atoms with E-state index in [9.17, 15) is 9.90 Å². The number of nitrogens with one attached hydrogen (secondary N) is 1. The maximum atomic E-state index is 12.1. The van der Waals surface area contributed by atoms with Crippen LogP contribution >= 0.6 is 11.6 Å². The van der Waals surface area contributed by atoms with Crippen LogP contribution in [0.3, 0.4) is 0 Å². The third-order valence-electron chi connectivity index (χ3n) is 3.89. The van der Waals surface area contributed by atoms with Crippen molar-refractivity contribution in [2.75, 3.05) is 19.8 Å². The van der Waals surface area contributed by atoms with Crippen LogP contribution in [0.15, 0.2) is 24.3 Å². The topological polar surface area (TPSA) is 58.6 Å². The Morgan fingerprint density at radius 2 is 2.19 bits per heavy atom. The van der Waals surface area contributed by atoms with E-state index in [-0.39, 0.29) is 18.4 Å². The van der Waals surface area contributed by atoms with Crippen molar-refractivity contribution in [3.05, 3.63) is 34.9 Å². The first kappa shape index (κ1) is 16.3. The molecular formula is C16H22ClNO3. The second-order valence-electron chi connectivity index (χ2n) is 5.79. The SMILES string of the molecule is CC(Cc1cccc(Cl)c1)C(=O)NCC1(O)CCOCC1. The largest absolute Gasteiger partial charge is 0.388 e. The van der Waals surface area contributed by atoms with Crippen LogP contribution in [0.5, 0.6) is 0 Å². The molecule has 0 spiro atoms. The highest BCUT2D eigenvalue weighted by molar-refractivity contribution is 6.30. The first-order valence-corrected chi connectivity index (χ1v) is 7.69. The van der Waals surface area contributed by atoms with Crippen LogP contribution in [-0.4, -0.2) is 36.4 Å². The van der Waals surface area contributed by atoms with Gasteiger partial charge in [-0.1, -0.05) is 30.7 Å². The number of benzene rings is 1. The molecule has 1 aliphatic heterocycles. The minimum absolute atomic E-state index is 0.0464. The summed E-state index contributed by atoms with van der Waals surface area (Å²) in [5.41, 5.74) is 0.207. The van der Waals surface area contributed by atoms with Crippen LogP contribution in [-0.2, 0) is 16.0 Å². The average Bonchev–Trinajstić information content (AvgIpc) is 2.45. The summed E-state index contributed by atoms with van der Waals surface area (Å²) >= 11 is 5.94. The highest BCUT2D eigenvalue weighted by Crippen LogP contribution is 2.20. The van der Waals surface area contributed by atoms with E-state index in [1.54, 1.807) is 0 Å². The summed E-state index contributed by atoms with van der Waals surface area (Å²) < 4.78 is 5.22. The van der Waals surface area contributed by atoms with E-state index in [0.717, 1.165) is 5.56 Å². The molecule has 1 unspecified atom stereocenters. The summed E-state index contributed by atoms with van der Waals surface area (Å²) in [5.74, 6) is -0.207. The lowest BCUT2D eigenvalue weighted by atomic mass is 9.94. The fourth-order valence-corrected chi connectivity index (χ4v) is 2.68. The molecule has 0 saturated carbocycles. The first-order valence-electron chi connectivity index (χ1n) is 7.31. The maximum absolute atomic E-state index is 12.1. The Labute approximate surface area is 130 Å². The van der Waals surface area contributed by atoms with Crippen LogP contribution < -0.4 is 5.32 Å². The van der Waals surface area contributed by atoms with Gasteiger partial charge in [-0.2, -0.15) is 0 Å². The monoisotopic (exact) mass is 311 g/mol. The summed E-state index contributed by atoms with van der Waals surface area (Å²) in [7, 11) is 0. The predicted molar refractivity (Wildman–Crippen MR) is 82.3 cm³/mol. The van der Waals surface area contributed by atoms with Crippen molar-refractivity contribution in [3.8, 4) is 0 Å². The Morgan fingerprint density at radius 1 is 1.48 bits per heavy atom. The average molecular weight is 312 g/mol. The molecule has 1 amide bonds. The van der Waals surface area contributed by atoms with Crippen molar-refractivity contribution in [2.45, 2.75) is 31.8 Å². The minimum Gasteiger partial charge on any atom is -0.388 e. The Balaban J connectivity index is 1.82. The molecule has 1 heterocycles. The zero-order chi connectivity index (χ0) is 15.3. The standard InChI is InChI=1S/C16H22ClNO3/c1-12(9-13-3-2-4-14(17)10-13)15(19)18-11-16(20)5-7-21-8-6-16/h2-4,10,12,20H,5-9,11H2,1H3,(H,18,19). The smallest absolute Gasteiger partial charge is 0.223 e.